The summed E-state index contributed by atoms with van der Waals surface area (Å²) in [6, 6.07) is 16.6. The summed E-state index contributed by atoms with van der Waals surface area (Å²) in [6.45, 7) is 1.31. The van der Waals surface area contributed by atoms with Gasteiger partial charge in [0.25, 0.3) is 0 Å². The Balaban J connectivity index is 1.37. The fraction of sp³-hybridized carbons (Fsp3) is 0.346. The number of benzene rings is 2. The second-order valence-electron chi connectivity index (χ2n) is 9.21. The van der Waals surface area contributed by atoms with Gasteiger partial charge in [0, 0.05) is 38.6 Å². The van der Waals surface area contributed by atoms with Gasteiger partial charge in [-0.15, -0.1) is 0 Å². The molecule has 2 aromatic carbocycles. The van der Waals surface area contributed by atoms with Crippen LogP contribution in [0.5, 0.6) is 0 Å². The van der Waals surface area contributed by atoms with E-state index in [1.54, 1.807) is 28.1 Å². The minimum Gasteiger partial charge on any atom is -0.337 e. The van der Waals surface area contributed by atoms with Crippen LogP contribution < -0.4 is 5.32 Å². The Kier molecular flexibility index (Phi) is 6.53. The Morgan fingerprint density at radius 3 is 2.58 bits per heavy atom. The number of para-hydroxylation sites is 2. The van der Waals surface area contributed by atoms with Crippen molar-refractivity contribution >= 4 is 22.9 Å². The lowest BCUT2D eigenvalue weighted by atomic mass is 9.85. The third kappa shape index (κ3) is 4.73. The highest BCUT2D eigenvalue weighted by atomic mass is 19.4. The molecular formula is C26H27F3N6O. The molecule has 2 aromatic heterocycles. The standard InChI is InChI=1S/C26H27F3N6O/c27-26(28,29)25(11-15-34(18-25)17-20-7-2-1-3-8-20)23(36)32-24-31-21-9-4-5-10-22(21)35(24)14-6-13-33-16-12-30-19-33/h1-5,7-10,12,16,19H,6,11,13-15,17-18H2,(H,31,32,36). The van der Waals surface area contributed by atoms with Gasteiger partial charge in [-0.1, -0.05) is 42.5 Å². The number of halogens is 3. The van der Waals surface area contributed by atoms with Gasteiger partial charge in [0.1, 0.15) is 0 Å². The summed E-state index contributed by atoms with van der Waals surface area (Å²) in [5, 5.41) is 2.56. The normalized spacial score (nSPS) is 18.6. The van der Waals surface area contributed by atoms with Gasteiger partial charge >= 0.3 is 6.18 Å². The molecule has 0 aliphatic carbocycles. The Labute approximate surface area is 206 Å². The quantitative estimate of drug-likeness (QED) is 0.384. The molecule has 1 N–H and O–H groups in total. The van der Waals surface area contributed by atoms with Crippen LogP contribution in [0.2, 0.25) is 0 Å². The van der Waals surface area contributed by atoms with Crippen LogP contribution in [0.1, 0.15) is 18.4 Å². The van der Waals surface area contributed by atoms with Gasteiger partial charge in [-0.2, -0.15) is 13.2 Å². The second kappa shape index (κ2) is 9.77. The second-order valence-corrected chi connectivity index (χ2v) is 9.21. The van der Waals surface area contributed by atoms with E-state index in [-0.39, 0.29) is 18.9 Å². The molecule has 1 saturated heterocycles. The average molecular weight is 497 g/mol. The molecule has 0 bridgehead atoms. The first-order chi connectivity index (χ1) is 17.4. The number of anilines is 1. The van der Waals surface area contributed by atoms with Gasteiger partial charge in [-0.05, 0) is 37.1 Å². The third-order valence-corrected chi connectivity index (χ3v) is 6.81. The van der Waals surface area contributed by atoms with Crippen LogP contribution in [0.4, 0.5) is 19.1 Å². The molecule has 1 fully saturated rings. The number of hydrogen-bond donors (Lipinski definition) is 1. The number of nitrogens with one attached hydrogen (secondary N) is 1. The molecule has 1 aliphatic rings. The molecule has 3 heterocycles. The van der Waals surface area contributed by atoms with Crippen molar-refractivity contribution in [1.82, 2.24) is 24.0 Å². The Hall–Kier alpha value is -3.66. The number of fused-ring (bicyclic) bond motifs is 1. The Morgan fingerprint density at radius 2 is 1.83 bits per heavy atom. The summed E-state index contributed by atoms with van der Waals surface area (Å²) in [4.78, 5) is 23.5. The van der Waals surface area contributed by atoms with Gasteiger partial charge in [0.2, 0.25) is 11.9 Å². The van der Waals surface area contributed by atoms with E-state index in [9.17, 15) is 18.0 Å². The van der Waals surface area contributed by atoms with Crippen molar-refractivity contribution in [2.24, 2.45) is 5.41 Å². The van der Waals surface area contributed by atoms with E-state index in [1.807, 2.05) is 59.3 Å². The van der Waals surface area contributed by atoms with Crippen molar-refractivity contribution in [1.29, 1.82) is 0 Å². The van der Waals surface area contributed by atoms with E-state index in [4.69, 9.17) is 0 Å². The maximum absolute atomic E-state index is 14.4. The maximum atomic E-state index is 14.4. The zero-order valence-electron chi connectivity index (χ0n) is 19.7. The Morgan fingerprint density at radius 1 is 1.06 bits per heavy atom. The van der Waals surface area contributed by atoms with Crippen LogP contribution in [0.15, 0.2) is 73.3 Å². The summed E-state index contributed by atoms with van der Waals surface area (Å²) >= 11 is 0. The minimum atomic E-state index is -4.69. The molecule has 1 amide bonds. The summed E-state index contributed by atoms with van der Waals surface area (Å²) < 4.78 is 47.0. The molecule has 1 atom stereocenters. The number of likely N-dealkylation sites (tertiary alicyclic amines) is 1. The highest BCUT2D eigenvalue weighted by Crippen LogP contribution is 2.46. The molecule has 1 unspecified atom stereocenters. The van der Waals surface area contributed by atoms with Gasteiger partial charge in [0.15, 0.2) is 5.41 Å². The number of imidazole rings is 2. The molecule has 36 heavy (non-hydrogen) atoms. The third-order valence-electron chi connectivity index (χ3n) is 6.81. The number of carbonyl (C=O) groups is 1. The van der Waals surface area contributed by atoms with Gasteiger partial charge in [0.05, 0.1) is 17.4 Å². The number of carbonyl (C=O) groups excluding carboxylic acids is 1. The topological polar surface area (TPSA) is 68.0 Å². The highest BCUT2D eigenvalue weighted by Gasteiger charge is 2.63. The maximum Gasteiger partial charge on any atom is 0.404 e. The first kappa shape index (κ1) is 24.1. The molecule has 1 aliphatic heterocycles. The largest absolute Gasteiger partial charge is 0.404 e. The lowest BCUT2D eigenvalue weighted by Gasteiger charge is -2.30. The van der Waals surface area contributed by atoms with Crippen molar-refractivity contribution in [3.63, 3.8) is 0 Å². The van der Waals surface area contributed by atoms with E-state index in [2.05, 4.69) is 15.3 Å². The average Bonchev–Trinajstić information content (AvgIpc) is 3.60. The van der Waals surface area contributed by atoms with Crippen molar-refractivity contribution in [2.75, 3.05) is 18.4 Å². The molecule has 7 nitrogen and oxygen atoms in total. The van der Waals surface area contributed by atoms with E-state index in [1.165, 1.54) is 0 Å². The van der Waals surface area contributed by atoms with E-state index in [0.29, 0.717) is 31.6 Å². The number of alkyl halides is 3. The molecule has 0 spiro atoms. The molecule has 4 aromatic rings. The number of amides is 1. The summed E-state index contributed by atoms with van der Waals surface area (Å²) in [7, 11) is 0. The number of aryl methyl sites for hydroxylation is 2. The van der Waals surface area contributed by atoms with Crippen molar-refractivity contribution in [3.05, 3.63) is 78.9 Å². The van der Waals surface area contributed by atoms with E-state index in [0.717, 1.165) is 11.1 Å². The molecule has 5 rings (SSSR count). The first-order valence-corrected chi connectivity index (χ1v) is 11.9. The van der Waals surface area contributed by atoms with Crippen LogP contribution in [-0.4, -0.2) is 49.2 Å². The van der Waals surface area contributed by atoms with Crippen molar-refractivity contribution in [2.45, 2.75) is 38.7 Å². The molecule has 188 valence electrons. The lowest BCUT2D eigenvalue weighted by Crippen LogP contribution is -2.50. The number of hydrogen-bond acceptors (Lipinski definition) is 4. The molecule has 10 heteroatoms. The summed E-state index contributed by atoms with van der Waals surface area (Å²) in [5.41, 5.74) is -0.206. The van der Waals surface area contributed by atoms with Crippen molar-refractivity contribution in [3.8, 4) is 0 Å². The molecule has 0 radical (unpaired) electrons. The Bertz CT molecular complexity index is 1320. The van der Waals surface area contributed by atoms with E-state index < -0.39 is 24.0 Å². The smallest absolute Gasteiger partial charge is 0.337 e. The van der Waals surface area contributed by atoms with Crippen molar-refractivity contribution < 1.29 is 18.0 Å². The fourth-order valence-electron chi connectivity index (χ4n) is 4.86. The predicted molar refractivity (Wildman–Crippen MR) is 130 cm³/mol. The van der Waals surface area contributed by atoms with E-state index >= 15 is 0 Å². The van der Waals surface area contributed by atoms with Crippen LogP contribution in [0, 0.1) is 5.41 Å². The monoisotopic (exact) mass is 496 g/mol. The van der Waals surface area contributed by atoms with Crippen LogP contribution in [0.25, 0.3) is 11.0 Å². The molecule has 0 saturated carbocycles. The highest BCUT2D eigenvalue weighted by molar-refractivity contribution is 5.96. The van der Waals surface area contributed by atoms with Crippen LogP contribution >= 0.6 is 0 Å². The van der Waals surface area contributed by atoms with Gasteiger partial charge < -0.3 is 9.13 Å². The van der Waals surface area contributed by atoms with Gasteiger partial charge in [-0.3, -0.25) is 15.0 Å². The number of nitrogens with zero attached hydrogens (tertiary/aromatic N) is 5. The van der Waals surface area contributed by atoms with Crippen LogP contribution in [0.3, 0.4) is 0 Å². The molecular weight excluding hydrogens is 469 g/mol. The zero-order chi connectivity index (χ0) is 25.2. The zero-order valence-corrected chi connectivity index (χ0v) is 19.7. The lowest BCUT2D eigenvalue weighted by molar-refractivity contribution is -0.215. The summed E-state index contributed by atoms with van der Waals surface area (Å²) in [5.74, 6) is -0.923. The first-order valence-electron chi connectivity index (χ1n) is 11.9. The number of aromatic nitrogens is 4. The summed E-state index contributed by atoms with van der Waals surface area (Å²) in [6.07, 6.45) is 0.954. The van der Waals surface area contributed by atoms with Gasteiger partial charge in [-0.25, -0.2) is 9.97 Å². The minimum absolute atomic E-state index is 0.136. The number of rotatable bonds is 8. The van der Waals surface area contributed by atoms with Crippen LogP contribution in [-0.2, 0) is 24.4 Å². The fourth-order valence-corrected chi connectivity index (χ4v) is 4.86. The predicted octanol–water partition coefficient (Wildman–Crippen LogP) is 4.72. The SMILES string of the molecule is O=C(Nc1nc2ccccc2n1CCCn1ccnc1)C1(C(F)(F)F)CCN(Cc2ccccc2)C1.